The van der Waals surface area contributed by atoms with Crippen LogP contribution >= 0.6 is 15.9 Å². The van der Waals surface area contributed by atoms with Crippen molar-refractivity contribution in [1.29, 1.82) is 0 Å². The van der Waals surface area contributed by atoms with Crippen molar-refractivity contribution >= 4 is 21.8 Å². The number of pyridine rings is 1. The summed E-state index contributed by atoms with van der Waals surface area (Å²) >= 11 is 3.30. The molecule has 0 aliphatic carbocycles. The van der Waals surface area contributed by atoms with Crippen molar-refractivity contribution in [2.75, 3.05) is 0 Å². The number of amides is 1. The quantitative estimate of drug-likeness (QED) is 0.858. The molecule has 4 nitrogen and oxygen atoms in total. The zero-order valence-electron chi connectivity index (χ0n) is 12.5. The van der Waals surface area contributed by atoms with Gasteiger partial charge in [0.25, 0.3) is 5.56 Å². The van der Waals surface area contributed by atoms with Crippen LogP contribution in [0, 0.1) is 0 Å². The van der Waals surface area contributed by atoms with Crippen molar-refractivity contribution in [2.24, 2.45) is 0 Å². The van der Waals surface area contributed by atoms with E-state index in [9.17, 15) is 9.59 Å². The number of benzene rings is 1. The molecule has 2 aromatic rings. The highest BCUT2D eigenvalue weighted by molar-refractivity contribution is 9.10. The van der Waals surface area contributed by atoms with Crippen molar-refractivity contribution in [2.45, 2.75) is 32.4 Å². The topological polar surface area (TPSA) is 51.1 Å². The lowest BCUT2D eigenvalue weighted by Gasteiger charge is -2.14. The summed E-state index contributed by atoms with van der Waals surface area (Å²) in [6.45, 7) is 2.01. The molecular formula is C17H19BrN2O2. The molecule has 0 saturated heterocycles. The summed E-state index contributed by atoms with van der Waals surface area (Å²) in [5, 5.41) is 2.93. The van der Waals surface area contributed by atoms with Crippen molar-refractivity contribution in [1.82, 2.24) is 9.88 Å². The van der Waals surface area contributed by atoms with Crippen molar-refractivity contribution in [3.8, 4) is 0 Å². The summed E-state index contributed by atoms with van der Waals surface area (Å²) in [6.07, 6.45) is 3.40. The number of aryl methyl sites for hydroxylation is 1. The largest absolute Gasteiger partial charge is 0.352 e. The number of hydrogen-bond acceptors (Lipinski definition) is 2. The molecule has 0 spiro atoms. The Labute approximate surface area is 138 Å². The van der Waals surface area contributed by atoms with E-state index in [4.69, 9.17) is 0 Å². The SMILES string of the molecule is C[C@@H](CCc1ccccc1)NC(=O)Cn1cc(Br)ccc1=O. The molecule has 1 heterocycles. The lowest BCUT2D eigenvalue weighted by atomic mass is 10.1. The van der Waals surface area contributed by atoms with E-state index in [0.717, 1.165) is 17.3 Å². The van der Waals surface area contributed by atoms with Gasteiger partial charge in [-0.2, -0.15) is 0 Å². The molecular weight excluding hydrogens is 344 g/mol. The Morgan fingerprint density at radius 2 is 1.95 bits per heavy atom. The highest BCUT2D eigenvalue weighted by atomic mass is 79.9. The molecule has 0 fully saturated rings. The zero-order chi connectivity index (χ0) is 15.9. The summed E-state index contributed by atoms with van der Waals surface area (Å²) in [6, 6.07) is 13.3. The number of rotatable bonds is 6. The van der Waals surface area contributed by atoms with Crippen molar-refractivity contribution < 1.29 is 4.79 Å². The van der Waals surface area contributed by atoms with Crippen LogP contribution in [-0.4, -0.2) is 16.5 Å². The maximum atomic E-state index is 12.0. The van der Waals surface area contributed by atoms with E-state index in [1.165, 1.54) is 16.2 Å². The summed E-state index contributed by atoms with van der Waals surface area (Å²) < 4.78 is 2.17. The second-order valence-corrected chi connectivity index (χ2v) is 6.22. The Balaban J connectivity index is 1.83. The van der Waals surface area contributed by atoms with Gasteiger partial charge in [0.2, 0.25) is 5.91 Å². The fraction of sp³-hybridized carbons (Fsp3) is 0.294. The Hall–Kier alpha value is -1.88. The average Bonchev–Trinajstić information content (AvgIpc) is 2.50. The van der Waals surface area contributed by atoms with E-state index in [1.54, 1.807) is 12.3 Å². The monoisotopic (exact) mass is 362 g/mol. The first-order chi connectivity index (χ1) is 10.5. The van der Waals surface area contributed by atoms with Gasteiger partial charge >= 0.3 is 0 Å². The van der Waals surface area contributed by atoms with Gasteiger partial charge in [-0.3, -0.25) is 9.59 Å². The van der Waals surface area contributed by atoms with Crippen LogP contribution in [0.3, 0.4) is 0 Å². The molecule has 0 bridgehead atoms. The van der Waals surface area contributed by atoms with Crippen LogP contribution < -0.4 is 10.9 Å². The van der Waals surface area contributed by atoms with Gasteiger partial charge in [-0.05, 0) is 47.3 Å². The maximum absolute atomic E-state index is 12.0. The van der Waals surface area contributed by atoms with Crippen LogP contribution in [0.25, 0.3) is 0 Å². The molecule has 2 rings (SSSR count). The van der Waals surface area contributed by atoms with Crippen molar-refractivity contribution in [3.63, 3.8) is 0 Å². The third kappa shape index (κ3) is 5.15. The highest BCUT2D eigenvalue weighted by Gasteiger charge is 2.09. The predicted octanol–water partition coefficient (Wildman–Crippen LogP) is 2.75. The van der Waals surface area contributed by atoms with Gasteiger partial charge in [0.1, 0.15) is 6.54 Å². The standard InChI is InChI=1S/C17H19BrN2O2/c1-13(7-8-14-5-3-2-4-6-14)19-16(21)12-20-11-15(18)9-10-17(20)22/h2-6,9-11,13H,7-8,12H2,1H3,(H,19,21)/t13-/m0/s1. The average molecular weight is 363 g/mol. The van der Waals surface area contributed by atoms with E-state index < -0.39 is 0 Å². The molecule has 22 heavy (non-hydrogen) atoms. The first-order valence-corrected chi connectivity index (χ1v) is 8.03. The second-order valence-electron chi connectivity index (χ2n) is 5.31. The Kier molecular flexibility index (Phi) is 5.95. The number of hydrogen-bond donors (Lipinski definition) is 1. The van der Waals surface area contributed by atoms with E-state index >= 15 is 0 Å². The Morgan fingerprint density at radius 1 is 1.23 bits per heavy atom. The van der Waals surface area contributed by atoms with Gasteiger partial charge in [-0.15, -0.1) is 0 Å². The van der Waals surface area contributed by atoms with Crippen LogP contribution in [0.15, 0.2) is 57.9 Å². The molecule has 5 heteroatoms. The lowest BCUT2D eigenvalue weighted by Crippen LogP contribution is -2.37. The Morgan fingerprint density at radius 3 is 2.68 bits per heavy atom. The molecule has 1 amide bonds. The van der Waals surface area contributed by atoms with E-state index in [1.807, 2.05) is 25.1 Å². The molecule has 1 aromatic carbocycles. The van der Waals surface area contributed by atoms with Gasteiger partial charge in [-0.25, -0.2) is 0 Å². The summed E-state index contributed by atoms with van der Waals surface area (Å²) in [4.78, 5) is 23.7. The minimum atomic E-state index is -0.185. The minimum Gasteiger partial charge on any atom is -0.352 e. The van der Waals surface area contributed by atoms with E-state index in [2.05, 4.69) is 33.4 Å². The van der Waals surface area contributed by atoms with Crippen molar-refractivity contribution in [3.05, 3.63) is 69.1 Å². The minimum absolute atomic E-state index is 0.0357. The molecule has 1 aromatic heterocycles. The molecule has 0 saturated carbocycles. The first-order valence-electron chi connectivity index (χ1n) is 7.24. The number of aromatic nitrogens is 1. The predicted molar refractivity (Wildman–Crippen MR) is 90.8 cm³/mol. The molecule has 0 aliphatic heterocycles. The number of carbonyl (C=O) groups excluding carboxylic acids is 1. The van der Waals surface area contributed by atoms with Crippen LogP contribution in [0.4, 0.5) is 0 Å². The van der Waals surface area contributed by atoms with Crippen LogP contribution in [0.1, 0.15) is 18.9 Å². The first kappa shape index (κ1) is 16.5. The summed E-state index contributed by atoms with van der Waals surface area (Å²) in [5.41, 5.74) is 1.07. The van der Waals surface area contributed by atoms with E-state index in [-0.39, 0.29) is 24.1 Å². The van der Waals surface area contributed by atoms with Gasteiger partial charge in [0.15, 0.2) is 0 Å². The van der Waals surface area contributed by atoms with Gasteiger partial charge in [0.05, 0.1) is 0 Å². The van der Waals surface area contributed by atoms with Crippen LogP contribution in [0.2, 0.25) is 0 Å². The van der Waals surface area contributed by atoms with Gasteiger partial charge in [-0.1, -0.05) is 30.3 Å². The molecule has 116 valence electrons. The zero-order valence-corrected chi connectivity index (χ0v) is 14.0. The Bertz CT molecular complexity index is 683. The molecule has 0 aliphatic rings. The summed E-state index contributed by atoms with van der Waals surface area (Å²) in [5.74, 6) is -0.152. The number of nitrogens with zero attached hydrogens (tertiary/aromatic N) is 1. The van der Waals surface area contributed by atoms with Crippen LogP contribution in [0.5, 0.6) is 0 Å². The molecule has 1 N–H and O–H groups in total. The summed E-state index contributed by atoms with van der Waals surface area (Å²) in [7, 11) is 0. The number of carbonyl (C=O) groups is 1. The molecule has 1 atom stereocenters. The van der Waals surface area contributed by atoms with Gasteiger partial charge in [0, 0.05) is 22.8 Å². The smallest absolute Gasteiger partial charge is 0.251 e. The normalized spacial score (nSPS) is 11.9. The number of halogens is 1. The molecule has 0 radical (unpaired) electrons. The third-order valence-corrected chi connectivity index (χ3v) is 3.85. The maximum Gasteiger partial charge on any atom is 0.251 e. The number of nitrogens with one attached hydrogen (secondary N) is 1. The van der Waals surface area contributed by atoms with Gasteiger partial charge < -0.3 is 9.88 Å². The highest BCUT2D eigenvalue weighted by Crippen LogP contribution is 2.06. The third-order valence-electron chi connectivity index (χ3n) is 3.38. The molecule has 0 unspecified atom stereocenters. The second kappa shape index (κ2) is 7.94. The van der Waals surface area contributed by atoms with E-state index in [0.29, 0.717) is 0 Å². The fourth-order valence-corrected chi connectivity index (χ4v) is 2.58. The fourth-order valence-electron chi connectivity index (χ4n) is 2.20. The van der Waals surface area contributed by atoms with Crippen LogP contribution in [-0.2, 0) is 17.8 Å². The lowest BCUT2D eigenvalue weighted by molar-refractivity contribution is -0.122.